The molecule has 7 nitrogen and oxygen atoms in total. The number of amides is 1. The van der Waals surface area contributed by atoms with Gasteiger partial charge in [0, 0.05) is 13.1 Å². The molecule has 1 N–H and O–H groups in total. The van der Waals surface area contributed by atoms with Gasteiger partial charge in [0.1, 0.15) is 23.4 Å². The largest absolute Gasteiger partial charge is 0.340 e. The van der Waals surface area contributed by atoms with Crippen LogP contribution in [0.25, 0.3) is 0 Å². The summed E-state index contributed by atoms with van der Waals surface area (Å²) in [5.74, 6) is -0.493. The first-order chi connectivity index (χ1) is 14.5. The third-order valence-electron chi connectivity index (χ3n) is 5.77. The first-order valence-corrected chi connectivity index (χ1v) is 10.2. The molecule has 4 rings (SSSR count). The first kappa shape index (κ1) is 20.2. The number of carbonyl (C=O) groups is 1. The van der Waals surface area contributed by atoms with Crippen LogP contribution in [-0.4, -0.2) is 41.2 Å². The Labute approximate surface area is 173 Å². The Kier molecular flexibility index (Phi) is 5.61. The van der Waals surface area contributed by atoms with E-state index in [1.165, 1.54) is 6.07 Å². The standard InChI is InChI=1S/C21H24F2N6O/c1-3-17-20(30)28(2)18-12-24-21(26-19(18)29(17)13-7-4-5-8-13)27-25-11-14-15(22)9-6-10-16(14)23/h6,9-13,17H,3-5,7-8H2,1-2H3,(H,24,26,27). The molecule has 2 aliphatic rings. The molecule has 30 heavy (non-hydrogen) atoms. The van der Waals surface area contributed by atoms with Gasteiger partial charge in [-0.05, 0) is 31.4 Å². The monoisotopic (exact) mass is 414 g/mol. The fourth-order valence-corrected chi connectivity index (χ4v) is 4.23. The van der Waals surface area contributed by atoms with Gasteiger partial charge in [0.25, 0.3) is 0 Å². The van der Waals surface area contributed by atoms with E-state index < -0.39 is 11.6 Å². The van der Waals surface area contributed by atoms with Gasteiger partial charge in [-0.2, -0.15) is 10.1 Å². The Bertz CT molecular complexity index is 956. The van der Waals surface area contributed by atoms with Crippen molar-refractivity contribution in [2.75, 3.05) is 22.3 Å². The molecule has 1 unspecified atom stereocenters. The van der Waals surface area contributed by atoms with E-state index >= 15 is 0 Å². The quantitative estimate of drug-likeness (QED) is 0.597. The molecule has 1 aliphatic carbocycles. The van der Waals surface area contributed by atoms with Crippen molar-refractivity contribution in [2.45, 2.75) is 51.1 Å². The Morgan fingerprint density at radius 2 is 1.97 bits per heavy atom. The van der Waals surface area contributed by atoms with Crippen LogP contribution in [0.2, 0.25) is 0 Å². The summed E-state index contributed by atoms with van der Waals surface area (Å²) in [4.78, 5) is 25.4. The van der Waals surface area contributed by atoms with E-state index in [2.05, 4.69) is 25.4 Å². The molecule has 1 aliphatic heterocycles. The van der Waals surface area contributed by atoms with Crippen LogP contribution in [0.5, 0.6) is 0 Å². The maximum atomic E-state index is 13.8. The van der Waals surface area contributed by atoms with E-state index in [0.29, 0.717) is 17.9 Å². The number of aromatic nitrogens is 2. The van der Waals surface area contributed by atoms with Gasteiger partial charge in [0.05, 0.1) is 18.0 Å². The summed E-state index contributed by atoms with van der Waals surface area (Å²) < 4.78 is 27.5. The van der Waals surface area contributed by atoms with Crippen LogP contribution in [0.3, 0.4) is 0 Å². The number of likely N-dealkylation sites (N-methyl/N-ethyl adjacent to an activating group) is 1. The molecule has 1 aromatic carbocycles. The number of rotatable bonds is 5. The fraction of sp³-hybridized carbons (Fsp3) is 0.429. The minimum absolute atomic E-state index is 0.0364. The van der Waals surface area contributed by atoms with Gasteiger partial charge in [-0.3, -0.25) is 4.79 Å². The van der Waals surface area contributed by atoms with Crippen molar-refractivity contribution in [1.82, 2.24) is 9.97 Å². The summed E-state index contributed by atoms with van der Waals surface area (Å²) in [5, 5.41) is 3.90. The molecule has 0 bridgehead atoms. The average Bonchev–Trinajstić information content (AvgIpc) is 3.27. The van der Waals surface area contributed by atoms with E-state index in [1.807, 2.05) is 6.92 Å². The molecule has 2 heterocycles. The van der Waals surface area contributed by atoms with Crippen molar-refractivity contribution < 1.29 is 13.6 Å². The summed E-state index contributed by atoms with van der Waals surface area (Å²) in [5.41, 5.74) is 3.05. The number of carbonyl (C=O) groups excluding carboxylic acids is 1. The summed E-state index contributed by atoms with van der Waals surface area (Å²) in [7, 11) is 1.73. The predicted molar refractivity (Wildman–Crippen MR) is 112 cm³/mol. The lowest BCUT2D eigenvalue weighted by molar-refractivity contribution is -0.120. The second kappa shape index (κ2) is 8.33. The van der Waals surface area contributed by atoms with E-state index in [4.69, 9.17) is 0 Å². The van der Waals surface area contributed by atoms with Crippen LogP contribution in [0, 0.1) is 11.6 Å². The van der Waals surface area contributed by atoms with Crippen molar-refractivity contribution in [1.29, 1.82) is 0 Å². The van der Waals surface area contributed by atoms with Gasteiger partial charge >= 0.3 is 0 Å². The Morgan fingerprint density at radius 3 is 2.63 bits per heavy atom. The highest BCUT2D eigenvalue weighted by atomic mass is 19.1. The van der Waals surface area contributed by atoms with Crippen molar-refractivity contribution in [2.24, 2.45) is 5.10 Å². The number of nitrogens with zero attached hydrogens (tertiary/aromatic N) is 5. The maximum Gasteiger partial charge on any atom is 0.249 e. The van der Waals surface area contributed by atoms with Gasteiger partial charge in [-0.1, -0.05) is 25.8 Å². The molecule has 0 saturated heterocycles. The van der Waals surface area contributed by atoms with E-state index in [9.17, 15) is 13.6 Å². The summed E-state index contributed by atoms with van der Waals surface area (Å²) >= 11 is 0. The van der Waals surface area contributed by atoms with Gasteiger partial charge in [-0.15, -0.1) is 0 Å². The number of benzene rings is 1. The molecule has 1 saturated carbocycles. The molecule has 1 fully saturated rings. The second-order valence-corrected chi connectivity index (χ2v) is 7.57. The molecule has 0 radical (unpaired) electrons. The lowest BCUT2D eigenvalue weighted by Gasteiger charge is -2.43. The van der Waals surface area contributed by atoms with Crippen LogP contribution in [0.15, 0.2) is 29.5 Å². The second-order valence-electron chi connectivity index (χ2n) is 7.57. The number of fused-ring (bicyclic) bond motifs is 1. The highest BCUT2D eigenvalue weighted by molar-refractivity contribution is 6.04. The molecular weight excluding hydrogens is 390 g/mol. The zero-order chi connectivity index (χ0) is 21.3. The fourth-order valence-electron chi connectivity index (χ4n) is 4.23. The zero-order valence-corrected chi connectivity index (χ0v) is 17.0. The number of hydrogen-bond donors (Lipinski definition) is 1. The number of nitrogens with one attached hydrogen (secondary N) is 1. The average molecular weight is 414 g/mol. The highest BCUT2D eigenvalue weighted by Crippen LogP contribution is 2.39. The SMILES string of the molecule is CCC1C(=O)N(C)c2cnc(NN=Cc3c(F)cccc3F)nc2N1C1CCCC1. The van der Waals surface area contributed by atoms with Crippen molar-refractivity contribution in [3.05, 3.63) is 41.6 Å². The zero-order valence-electron chi connectivity index (χ0n) is 17.0. The summed E-state index contributed by atoms with van der Waals surface area (Å²) in [6, 6.07) is 3.60. The third-order valence-corrected chi connectivity index (χ3v) is 5.77. The van der Waals surface area contributed by atoms with E-state index in [0.717, 1.165) is 44.0 Å². The third kappa shape index (κ3) is 3.59. The number of hydrogen-bond acceptors (Lipinski definition) is 6. The van der Waals surface area contributed by atoms with Crippen LogP contribution in [0.1, 0.15) is 44.6 Å². The Hall–Kier alpha value is -3.10. The number of anilines is 3. The molecular formula is C21H24F2N6O. The molecule has 1 amide bonds. The van der Waals surface area contributed by atoms with Crippen LogP contribution < -0.4 is 15.2 Å². The number of hydrazone groups is 1. The first-order valence-electron chi connectivity index (χ1n) is 10.2. The van der Waals surface area contributed by atoms with Crippen molar-refractivity contribution >= 4 is 29.6 Å². The highest BCUT2D eigenvalue weighted by Gasteiger charge is 2.41. The van der Waals surface area contributed by atoms with Crippen LogP contribution in [0.4, 0.5) is 26.2 Å². The van der Waals surface area contributed by atoms with Gasteiger partial charge in [-0.25, -0.2) is 19.2 Å². The van der Waals surface area contributed by atoms with Crippen LogP contribution in [-0.2, 0) is 4.79 Å². The topological polar surface area (TPSA) is 73.7 Å². The lowest BCUT2D eigenvalue weighted by atomic mass is 10.0. The number of halogens is 2. The normalized spacial score (nSPS) is 19.6. The molecule has 2 aromatic rings. The van der Waals surface area contributed by atoms with Gasteiger partial charge in [0.2, 0.25) is 11.9 Å². The molecule has 0 spiro atoms. The van der Waals surface area contributed by atoms with Crippen LogP contribution >= 0.6 is 0 Å². The molecule has 1 atom stereocenters. The molecule has 1 aromatic heterocycles. The summed E-state index contributed by atoms with van der Waals surface area (Å²) in [6.45, 7) is 2.00. The predicted octanol–water partition coefficient (Wildman–Crippen LogP) is 3.70. The van der Waals surface area contributed by atoms with Gasteiger partial charge in [0.15, 0.2) is 5.82 Å². The Balaban J connectivity index is 1.64. The maximum absolute atomic E-state index is 13.8. The molecule has 158 valence electrons. The minimum atomic E-state index is -0.703. The smallest absolute Gasteiger partial charge is 0.249 e. The van der Waals surface area contributed by atoms with Crippen molar-refractivity contribution in [3.63, 3.8) is 0 Å². The van der Waals surface area contributed by atoms with E-state index in [-0.39, 0.29) is 29.5 Å². The minimum Gasteiger partial charge on any atom is -0.340 e. The van der Waals surface area contributed by atoms with Crippen molar-refractivity contribution in [3.8, 4) is 0 Å². The van der Waals surface area contributed by atoms with Gasteiger partial charge < -0.3 is 9.80 Å². The lowest BCUT2D eigenvalue weighted by Crippen LogP contribution is -2.55. The molecule has 9 heteroatoms. The Morgan fingerprint density at radius 1 is 1.27 bits per heavy atom. The summed E-state index contributed by atoms with van der Waals surface area (Å²) in [6.07, 6.45) is 7.62. The van der Waals surface area contributed by atoms with E-state index in [1.54, 1.807) is 18.1 Å².